The van der Waals surface area contributed by atoms with Gasteiger partial charge in [-0.1, -0.05) is 31.0 Å². The fraction of sp³-hybridized carbons (Fsp3) is 0.536. The molecule has 5 rings (SSSR count). The van der Waals surface area contributed by atoms with Gasteiger partial charge in [0.15, 0.2) is 0 Å². The van der Waals surface area contributed by atoms with Gasteiger partial charge in [-0.25, -0.2) is 13.2 Å². The summed E-state index contributed by atoms with van der Waals surface area (Å²) in [5, 5.41) is 13.3. The number of rotatable bonds is 9. The molecule has 2 aromatic carbocycles. The highest BCUT2D eigenvalue weighted by Gasteiger charge is 2.32. The van der Waals surface area contributed by atoms with E-state index in [2.05, 4.69) is 14.9 Å². The second-order valence-corrected chi connectivity index (χ2v) is 12.1. The van der Waals surface area contributed by atoms with Crippen molar-refractivity contribution >= 4 is 27.4 Å². The minimum atomic E-state index is -3.99. The zero-order valence-corrected chi connectivity index (χ0v) is 21.7. The number of anilines is 2. The largest absolute Gasteiger partial charge is 0.478 e. The Morgan fingerprint density at radius 2 is 1.72 bits per heavy atom. The van der Waals surface area contributed by atoms with E-state index in [9.17, 15) is 18.3 Å². The van der Waals surface area contributed by atoms with Gasteiger partial charge in [-0.3, -0.25) is 9.62 Å². The summed E-state index contributed by atoms with van der Waals surface area (Å²) >= 11 is 0. The number of nitrogens with one attached hydrogen (secondary N) is 2. The highest BCUT2D eigenvalue weighted by molar-refractivity contribution is 7.92. The minimum Gasteiger partial charge on any atom is -0.478 e. The van der Waals surface area contributed by atoms with Gasteiger partial charge in [0.2, 0.25) is 0 Å². The second kappa shape index (κ2) is 10.8. The van der Waals surface area contributed by atoms with Crippen molar-refractivity contribution in [1.82, 2.24) is 4.90 Å². The smallest absolute Gasteiger partial charge is 0.338 e. The van der Waals surface area contributed by atoms with Crippen molar-refractivity contribution in [2.24, 2.45) is 0 Å². The van der Waals surface area contributed by atoms with Gasteiger partial charge in [-0.05, 0) is 93.7 Å². The molecule has 0 spiro atoms. The van der Waals surface area contributed by atoms with Gasteiger partial charge in [0.05, 0.1) is 16.9 Å². The van der Waals surface area contributed by atoms with Crippen molar-refractivity contribution in [1.29, 1.82) is 0 Å². The molecule has 8 heteroatoms. The number of carboxylic acids is 1. The first-order valence-electron chi connectivity index (χ1n) is 13.4. The first kappa shape index (κ1) is 25.1. The van der Waals surface area contributed by atoms with Crippen LogP contribution in [0.15, 0.2) is 41.3 Å². The van der Waals surface area contributed by atoms with E-state index in [1.807, 2.05) is 12.1 Å². The molecule has 0 aromatic heterocycles. The van der Waals surface area contributed by atoms with Crippen LogP contribution >= 0.6 is 0 Å². The number of nitrogens with zero attached hydrogens (tertiary/aromatic N) is 1. The highest BCUT2D eigenvalue weighted by atomic mass is 32.2. The van der Waals surface area contributed by atoms with Crippen LogP contribution in [0.1, 0.15) is 79.3 Å². The summed E-state index contributed by atoms with van der Waals surface area (Å²) in [5.41, 5.74) is 2.52. The molecule has 1 saturated heterocycles. The molecule has 3 aliphatic rings. The average Bonchev–Trinajstić information content (AvgIpc) is 3.56. The number of fused-ring (bicyclic) bond motifs is 1. The highest BCUT2D eigenvalue weighted by Crippen LogP contribution is 2.33. The number of sulfonamides is 1. The van der Waals surface area contributed by atoms with Crippen LogP contribution in [0.25, 0.3) is 0 Å². The summed E-state index contributed by atoms with van der Waals surface area (Å²) in [7, 11) is -3.99. The molecular weight excluding hydrogens is 474 g/mol. The summed E-state index contributed by atoms with van der Waals surface area (Å²) in [6.45, 7) is 1.87. The summed E-state index contributed by atoms with van der Waals surface area (Å²) < 4.78 is 29.5. The molecule has 194 valence electrons. The van der Waals surface area contributed by atoms with Gasteiger partial charge in [0.1, 0.15) is 4.90 Å². The maximum Gasteiger partial charge on any atom is 0.338 e. The van der Waals surface area contributed by atoms with Crippen LogP contribution in [0.2, 0.25) is 0 Å². The number of hydrogen-bond acceptors (Lipinski definition) is 5. The lowest BCUT2D eigenvalue weighted by molar-refractivity contribution is 0.0696. The van der Waals surface area contributed by atoms with Gasteiger partial charge in [-0.2, -0.15) is 0 Å². The van der Waals surface area contributed by atoms with Crippen molar-refractivity contribution < 1.29 is 18.3 Å². The third-order valence-electron chi connectivity index (χ3n) is 8.18. The van der Waals surface area contributed by atoms with E-state index < -0.39 is 16.0 Å². The minimum absolute atomic E-state index is 0.0782. The van der Waals surface area contributed by atoms with Gasteiger partial charge in [0.25, 0.3) is 10.0 Å². The van der Waals surface area contributed by atoms with Gasteiger partial charge >= 0.3 is 5.97 Å². The number of carboxylic acid groups (broad SMARTS) is 1. The van der Waals surface area contributed by atoms with Gasteiger partial charge in [-0.15, -0.1) is 0 Å². The second-order valence-electron chi connectivity index (χ2n) is 10.4. The van der Waals surface area contributed by atoms with Crippen molar-refractivity contribution in [3.63, 3.8) is 0 Å². The molecule has 1 heterocycles. The molecule has 0 amide bonds. The predicted molar refractivity (Wildman–Crippen MR) is 142 cm³/mol. The van der Waals surface area contributed by atoms with Crippen LogP contribution in [0.3, 0.4) is 0 Å². The van der Waals surface area contributed by atoms with Crippen molar-refractivity contribution in [2.45, 2.75) is 87.6 Å². The van der Waals surface area contributed by atoms with E-state index in [1.165, 1.54) is 45.1 Å². The molecule has 2 fully saturated rings. The zero-order chi connectivity index (χ0) is 25.1. The van der Waals surface area contributed by atoms with E-state index in [0.717, 1.165) is 42.9 Å². The molecular formula is C28H37N3O4S. The Kier molecular flexibility index (Phi) is 7.53. The Morgan fingerprint density at radius 3 is 2.53 bits per heavy atom. The molecule has 0 bridgehead atoms. The molecule has 0 unspecified atom stereocenters. The summed E-state index contributed by atoms with van der Waals surface area (Å²) in [6, 6.07) is 11.6. The van der Waals surface area contributed by atoms with E-state index in [0.29, 0.717) is 24.7 Å². The predicted octanol–water partition coefficient (Wildman–Crippen LogP) is 5.27. The van der Waals surface area contributed by atoms with Crippen molar-refractivity contribution in [3.8, 4) is 0 Å². The fourth-order valence-corrected chi connectivity index (χ4v) is 7.72. The third-order valence-corrected chi connectivity index (χ3v) is 9.60. The van der Waals surface area contributed by atoms with E-state index >= 15 is 0 Å². The first-order chi connectivity index (χ1) is 17.4. The number of para-hydroxylation sites is 1. The zero-order valence-electron chi connectivity index (χ0n) is 20.8. The molecule has 7 nitrogen and oxygen atoms in total. The lowest BCUT2D eigenvalue weighted by Gasteiger charge is -2.30. The molecule has 3 N–H and O–H groups in total. The molecule has 0 radical (unpaired) electrons. The normalized spacial score (nSPS) is 20.8. The number of aryl methyl sites for hydroxylation is 1. The average molecular weight is 512 g/mol. The molecule has 1 atom stereocenters. The maximum atomic E-state index is 13.5. The van der Waals surface area contributed by atoms with Crippen LogP contribution in [0, 0.1) is 0 Å². The lowest BCUT2D eigenvalue weighted by atomic mass is 9.87. The lowest BCUT2D eigenvalue weighted by Crippen LogP contribution is -2.38. The Labute approximate surface area is 214 Å². The van der Waals surface area contributed by atoms with E-state index in [4.69, 9.17) is 0 Å². The Morgan fingerprint density at radius 1 is 0.944 bits per heavy atom. The maximum absolute atomic E-state index is 13.5. The van der Waals surface area contributed by atoms with E-state index in [-0.39, 0.29) is 16.1 Å². The third kappa shape index (κ3) is 5.25. The first-order valence-corrected chi connectivity index (χ1v) is 14.9. The summed E-state index contributed by atoms with van der Waals surface area (Å²) in [6.07, 6.45) is 12.1. The van der Waals surface area contributed by atoms with Crippen LogP contribution in [0.4, 0.5) is 11.4 Å². The SMILES string of the molecule is O=C(O)c1c(NS(=O)(=O)c2ccccc2NCC[C@@H]2CCCN2C2CCCC2)ccc2c1CCCC2. The van der Waals surface area contributed by atoms with E-state index in [1.54, 1.807) is 24.3 Å². The Balaban J connectivity index is 1.31. The van der Waals surface area contributed by atoms with Crippen LogP contribution in [-0.2, 0) is 22.9 Å². The number of hydrogen-bond donors (Lipinski definition) is 3. The molecule has 2 aliphatic carbocycles. The van der Waals surface area contributed by atoms with Crippen LogP contribution in [-0.4, -0.2) is 49.6 Å². The van der Waals surface area contributed by atoms with Crippen molar-refractivity contribution in [2.75, 3.05) is 23.1 Å². The number of carbonyl (C=O) groups is 1. The summed E-state index contributed by atoms with van der Waals surface area (Å²) in [5.74, 6) is -1.10. The topological polar surface area (TPSA) is 98.7 Å². The Bertz CT molecular complexity index is 1210. The van der Waals surface area contributed by atoms with Gasteiger partial charge in [0, 0.05) is 18.6 Å². The number of likely N-dealkylation sites (tertiary alicyclic amines) is 1. The number of benzene rings is 2. The Hall–Kier alpha value is -2.58. The van der Waals surface area contributed by atoms with Crippen molar-refractivity contribution in [3.05, 3.63) is 53.1 Å². The number of aromatic carboxylic acids is 1. The quantitative estimate of drug-likeness (QED) is 0.424. The molecule has 1 saturated carbocycles. The molecule has 2 aromatic rings. The van der Waals surface area contributed by atoms with Crippen LogP contribution in [0.5, 0.6) is 0 Å². The van der Waals surface area contributed by atoms with Crippen LogP contribution < -0.4 is 10.0 Å². The fourth-order valence-electron chi connectivity index (χ4n) is 6.46. The summed E-state index contributed by atoms with van der Waals surface area (Å²) in [4.78, 5) is 14.9. The monoisotopic (exact) mass is 511 g/mol. The molecule has 1 aliphatic heterocycles. The standard InChI is InChI=1S/C28H37N3O4S/c32-28(33)27-23-12-4-1-8-20(23)15-16-25(27)30-36(34,35)26-14-6-5-13-24(26)29-18-17-22-11-7-19-31(22)21-9-2-3-10-21/h5-6,13-16,21-22,29-30H,1-4,7-12,17-19H2,(H,32,33)/t22-/m0/s1. The van der Waals surface area contributed by atoms with Gasteiger partial charge < -0.3 is 10.4 Å². The molecule has 36 heavy (non-hydrogen) atoms.